The number of hydrogen-bond donors (Lipinski definition) is 1. The number of likely N-dealkylation sites (tertiary alicyclic amines) is 1. The summed E-state index contributed by atoms with van der Waals surface area (Å²) in [7, 11) is 0. The van der Waals surface area contributed by atoms with Crippen molar-refractivity contribution in [2.75, 3.05) is 44.7 Å². The predicted molar refractivity (Wildman–Crippen MR) is 96.1 cm³/mol. The number of benzene rings is 1. The van der Waals surface area contributed by atoms with Gasteiger partial charge in [0.25, 0.3) is 0 Å². The first-order valence-corrected chi connectivity index (χ1v) is 9.13. The van der Waals surface area contributed by atoms with Crippen LogP contribution in [0.2, 0.25) is 0 Å². The van der Waals surface area contributed by atoms with Crippen molar-refractivity contribution in [2.24, 2.45) is 0 Å². The van der Waals surface area contributed by atoms with E-state index >= 15 is 0 Å². The number of hydrogen-bond acceptors (Lipinski definition) is 4. The molecule has 2 aliphatic heterocycles. The van der Waals surface area contributed by atoms with Gasteiger partial charge in [-0.15, -0.1) is 0 Å². The number of morpholine rings is 1. The molecule has 0 spiro atoms. The molecule has 0 aliphatic carbocycles. The summed E-state index contributed by atoms with van der Waals surface area (Å²) >= 11 is 0. The molecule has 0 bridgehead atoms. The van der Waals surface area contributed by atoms with Crippen molar-refractivity contribution in [3.8, 4) is 0 Å². The fraction of sp³-hybridized carbons (Fsp3) is 0.632. The average Bonchev–Trinajstić information content (AvgIpc) is 2.60. The maximum atomic E-state index is 12.3. The zero-order valence-corrected chi connectivity index (χ0v) is 14.7. The Kier molecular flexibility index (Phi) is 6.24. The minimum atomic E-state index is 0.0877. The number of nitrogens with one attached hydrogen (secondary N) is 1. The molecule has 0 radical (unpaired) electrons. The van der Waals surface area contributed by atoms with Gasteiger partial charge in [0.15, 0.2) is 0 Å². The molecule has 1 amide bonds. The van der Waals surface area contributed by atoms with E-state index < -0.39 is 0 Å². The molecule has 132 valence electrons. The molecule has 5 heteroatoms. The Morgan fingerprint density at radius 3 is 2.62 bits per heavy atom. The molecule has 1 atom stereocenters. The summed E-state index contributed by atoms with van der Waals surface area (Å²) in [5, 5.41) is 3.03. The molecule has 5 nitrogen and oxygen atoms in total. The number of nitrogens with zero attached hydrogens (tertiary/aromatic N) is 2. The highest BCUT2D eigenvalue weighted by Gasteiger charge is 2.20. The first kappa shape index (κ1) is 17.4. The second-order valence-corrected chi connectivity index (χ2v) is 6.95. The van der Waals surface area contributed by atoms with Crippen LogP contribution in [0.15, 0.2) is 24.3 Å². The summed E-state index contributed by atoms with van der Waals surface area (Å²) in [5.41, 5.74) is 2.16. The summed E-state index contributed by atoms with van der Waals surface area (Å²) in [6.07, 6.45) is 3.68. The molecule has 3 rings (SSSR count). The summed E-state index contributed by atoms with van der Waals surface area (Å²) in [6, 6.07) is 8.74. The van der Waals surface area contributed by atoms with Gasteiger partial charge in [-0.05, 0) is 44.0 Å². The van der Waals surface area contributed by atoms with Crippen molar-refractivity contribution in [3.63, 3.8) is 0 Å². The largest absolute Gasteiger partial charge is 0.379 e. The first-order valence-electron chi connectivity index (χ1n) is 9.13. The number of amides is 1. The molecular weight excluding hydrogens is 302 g/mol. The molecule has 24 heavy (non-hydrogen) atoms. The maximum Gasteiger partial charge on any atom is 0.238 e. The van der Waals surface area contributed by atoms with Crippen LogP contribution in [-0.4, -0.2) is 61.1 Å². The van der Waals surface area contributed by atoms with Gasteiger partial charge in [0, 0.05) is 31.4 Å². The number of rotatable bonds is 5. The Morgan fingerprint density at radius 1 is 1.17 bits per heavy atom. The van der Waals surface area contributed by atoms with Crippen LogP contribution >= 0.6 is 0 Å². The van der Waals surface area contributed by atoms with Crippen LogP contribution in [0.4, 0.5) is 5.69 Å². The minimum Gasteiger partial charge on any atom is -0.379 e. The van der Waals surface area contributed by atoms with Crippen molar-refractivity contribution >= 4 is 11.6 Å². The lowest BCUT2D eigenvalue weighted by molar-refractivity contribution is -0.118. The Hall–Kier alpha value is -1.43. The van der Waals surface area contributed by atoms with Crippen LogP contribution in [0.25, 0.3) is 0 Å². The fourth-order valence-electron chi connectivity index (χ4n) is 3.49. The van der Waals surface area contributed by atoms with Crippen molar-refractivity contribution in [3.05, 3.63) is 29.8 Å². The van der Waals surface area contributed by atoms with Crippen LogP contribution < -0.4 is 5.32 Å². The molecule has 2 aliphatic rings. The highest BCUT2D eigenvalue weighted by molar-refractivity contribution is 5.92. The lowest BCUT2D eigenvalue weighted by atomic mass is 10.0. The quantitative estimate of drug-likeness (QED) is 0.899. The monoisotopic (exact) mass is 331 g/mol. The molecule has 2 fully saturated rings. The predicted octanol–water partition coefficient (Wildman–Crippen LogP) is 2.33. The number of ether oxygens (including phenoxy) is 1. The molecule has 1 aromatic carbocycles. The van der Waals surface area contributed by atoms with E-state index in [0.29, 0.717) is 12.6 Å². The van der Waals surface area contributed by atoms with Crippen molar-refractivity contribution < 1.29 is 9.53 Å². The number of piperidine rings is 1. The lowest BCUT2D eigenvalue weighted by Gasteiger charge is -2.32. The summed E-state index contributed by atoms with van der Waals surface area (Å²) in [6.45, 7) is 8.32. The molecule has 0 saturated carbocycles. The van der Waals surface area contributed by atoms with Gasteiger partial charge in [-0.2, -0.15) is 0 Å². The maximum absolute atomic E-state index is 12.3. The summed E-state index contributed by atoms with van der Waals surface area (Å²) in [4.78, 5) is 16.9. The highest BCUT2D eigenvalue weighted by Crippen LogP contribution is 2.17. The third-order valence-electron chi connectivity index (χ3n) is 5.03. The van der Waals surface area contributed by atoms with E-state index in [1.165, 1.54) is 24.8 Å². The summed E-state index contributed by atoms with van der Waals surface area (Å²) in [5.74, 6) is 0.0877. The SMILES string of the molecule is CC1CCCCN1CC(=O)Nc1ccc(CN2CCOCC2)cc1. The zero-order valence-electron chi connectivity index (χ0n) is 14.7. The van der Waals surface area contributed by atoms with Crippen LogP contribution in [0.5, 0.6) is 0 Å². The van der Waals surface area contributed by atoms with Crippen LogP contribution in [0.1, 0.15) is 31.7 Å². The van der Waals surface area contributed by atoms with Gasteiger partial charge >= 0.3 is 0 Å². The van der Waals surface area contributed by atoms with Gasteiger partial charge in [0.05, 0.1) is 19.8 Å². The van der Waals surface area contributed by atoms with Gasteiger partial charge in [-0.3, -0.25) is 14.6 Å². The van der Waals surface area contributed by atoms with Crippen molar-refractivity contribution in [1.29, 1.82) is 0 Å². The first-order chi connectivity index (χ1) is 11.7. The fourth-order valence-corrected chi connectivity index (χ4v) is 3.49. The van der Waals surface area contributed by atoms with Gasteiger partial charge in [0.2, 0.25) is 5.91 Å². The van der Waals surface area contributed by atoms with E-state index in [1.807, 2.05) is 12.1 Å². The lowest BCUT2D eigenvalue weighted by Crippen LogP contribution is -2.42. The Labute approximate surface area is 145 Å². The molecule has 1 unspecified atom stereocenters. The molecule has 1 N–H and O–H groups in total. The van der Waals surface area contributed by atoms with Gasteiger partial charge in [-0.1, -0.05) is 18.6 Å². The van der Waals surface area contributed by atoms with E-state index in [4.69, 9.17) is 4.74 Å². The zero-order chi connectivity index (χ0) is 16.8. The van der Waals surface area contributed by atoms with Crippen LogP contribution in [0, 0.1) is 0 Å². The molecule has 0 aromatic heterocycles. The Bertz CT molecular complexity index is 526. The Balaban J connectivity index is 1.47. The van der Waals surface area contributed by atoms with E-state index in [1.54, 1.807) is 0 Å². The van der Waals surface area contributed by atoms with Crippen LogP contribution in [-0.2, 0) is 16.1 Å². The number of carbonyl (C=O) groups is 1. The molecule has 2 saturated heterocycles. The van der Waals surface area contributed by atoms with E-state index in [9.17, 15) is 4.79 Å². The standard InChI is InChI=1S/C19H29N3O2/c1-16-4-2-3-9-22(16)15-19(23)20-18-7-5-17(6-8-18)14-21-10-12-24-13-11-21/h5-8,16H,2-4,9-15H2,1H3,(H,20,23). The van der Waals surface area contributed by atoms with Gasteiger partial charge in [-0.25, -0.2) is 0 Å². The van der Waals surface area contributed by atoms with E-state index in [2.05, 4.69) is 34.2 Å². The van der Waals surface area contributed by atoms with Crippen LogP contribution in [0.3, 0.4) is 0 Å². The van der Waals surface area contributed by atoms with Gasteiger partial charge in [0.1, 0.15) is 0 Å². The van der Waals surface area contributed by atoms with E-state index in [0.717, 1.165) is 45.1 Å². The van der Waals surface area contributed by atoms with Crippen molar-refractivity contribution in [2.45, 2.75) is 38.8 Å². The molecular formula is C19H29N3O2. The minimum absolute atomic E-state index is 0.0877. The Morgan fingerprint density at radius 2 is 1.92 bits per heavy atom. The van der Waals surface area contributed by atoms with Gasteiger partial charge < -0.3 is 10.1 Å². The highest BCUT2D eigenvalue weighted by atomic mass is 16.5. The topological polar surface area (TPSA) is 44.8 Å². The third kappa shape index (κ3) is 5.03. The number of anilines is 1. The molecule has 1 aromatic rings. The average molecular weight is 331 g/mol. The summed E-state index contributed by atoms with van der Waals surface area (Å²) < 4.78 is 5.38. The normalized spacial score (nSPS) is 23.1. The molecule has 2 heterocycles. The van der Waals surface area contributed by atoms with Crippen molar-refractivity contribution in [1.82, 2.24) is 9.80 Å². The van der Waals surface area contributed by atoms with E-state index in [-0.39, 0.29) is 5.91 Å². The third-order valence-corrected chi connectivity index (χ3v) is 5.03. The second kappa shape index (κ2) is 8.60. The smallest absolute Gasteiger partial charge is 0.238 e. The number of carbonyl (C=O) groups excluding carboxylic acids is 1. The second-order valence-electron chi connectivity index (χ2n) is 6.95.